The highest BCUT2D eigenvalue weighted by molar-refractivity contribution is 5.95. The molecule has 1 heterocycles. The minimum Gasteiger partial charge on any atom is -0.477 e. The van der Waals surface area contributed by atoms with Crippen LogP contribution in [0.5, 0.6) is 0 Å². The van der Waals surface area contributed by atoms with Crippen LogP contribution in [0.2, 0.25) is 0 Å². The standard InChI is InChI=1S/C12H16N2O3/c1-3-4-8(2)14-11(15)9-5-6-10(12(16)17)13-7-9/h5-8H,3-4H2,1-2H3,(H,14,15)(H,16,17). The van der Waals surface area contributed by atoms with Crippen LogP contribution in [-0.4, -0.2) is 28.0 Å². The van der Waals surface area contributed by atoms with Gasteiger partial charge >= 0.3 is 5.97 Å². The number of pyridine rings is 1. The van der Waals surface area contributed by atoms with Gasteiger partial charge in [0.1, 0.15) is 5.69 Å². The molecule has 0 spiro atoms. The Balaban J connectivity index is 2.66. The van der Waals surface area contributed by atoms with Gasteiger partial charge in [-0.3, -0.25) is 4.79 Å². The van der Waals surface area contributed by atoms with Crippen LogP contribution in [0.4, 0.5) is 0 Å². The van der Waals surface area contributed by atoms with E-state index in [-0.39, 0.29) is 17.6 Å². The molecule has 0 aromatic carbocycles. The maximum atomic E-state index is 11.7. The van der Waals surface area contributed by atoms with Crippen molar-refractivity contribution < 1.29 is 14.7 Å². The molecule has 1 unspecified atom stereocenters. The zero-order valence-corrected chi connectivity index (χ0v) is 9.93. The van der Waals surface area contributed by atoms with Crippen molar-refractivity contribution in [2.75, 3.05) is 0 Å². The Morgan fingerprint density at radius 2 is 2.18 bits per heavy atom. The van der Waals surface area contributed by atoms with Gasteiger partial charge in [0.25, 0.3) is 5.91 Å². The van der Waals surface area contributed by atoms with Crippen molar-refractivity contribution in [3.05, 3.63) is 29.6 Å². The van der Waals surface area contributed by atoms with Crippen LogP contribution in [0, 0.1) is 0 Å². The average Bonchev–Trinajstić information content (AvgIpc) is 2.29. The van der Waals surface area contributed by atoms with Gasteiger partial charge in [-0.1, -0.05) is 13.3 Å². The van der Waals surface area contributed by atoms with Crippen LogP contribution in [0.15, 0.2) is 18.3 Å². The summed E-state index contributed by atoms with van der Waals surface area (Å²) in [7, 11) is 0. The van der Waals surface area contributed by atoms with Gasteiger partial charge in [-0.05, 0) is 25.5 Å². The summed E-state index contributed by atoms with van der Waals surface area (Å²) in [5.74, 6) is -1.33. The molecule has 0 saturated heterocycles. The SMILES string of the molecule is CCCC(C)NC(=O)c1ccc(C(=O)O)nc1. The van der Waals surface area contributed by atoms with Crippen LogP contribution in [0.1, 0.15) is 47.5 Å². The first-order valence-electron chi connectivity index (χ1n) is 5.54. The van der Waals surface area contributed by atoms with E-state index in [2.05, 4.69) is 10.3 Å². The molecule has 1 aromatic heterocycles. The molecule has 92 valence electrons. The van der Waals surface area contributed by atoms with E-state index in [0.717, 1.165) is 12.8 Å². The van der Waals surface area contributed by atoms with Crippen molar-refractivity contribution in [3.63, 3.8) is 0 Å². The van der Waals surface area contributed by atoms with E-state index in [4.69, 9.17) is 5.11 Å². The Morgan fingerprint density at radius 1 is 1.47 bits per heavy atom. The smallest absolute Gasteiger partial charge is 0.354 e. The van der Waals surface area contributed by atoms with Crippen molar-refractivity contribution in [2.24, 2.45) is 0 Å². The Hall–Kier alpha value is -1.91. The van der Waals surface area contributed by atoms with Crippen molar-refractivity contribution in [1.82, 2.24) is 10.3 Å². The number of amides is 1. The number of nitrogens with one attached hydrogen (secondary N) is 1. The molecule has 1 rings (SSSR count). The van der Waals surface area contributed by atoms with E-state index in [0.29, 0.717) is 5.56 Å². The highest BCUT2D eigenvalue weighted by atomic mass is 16.4. The fourth-order valence-corrected chi connectivity index (χ4v) is 1.47. The Bertz CT molecular complexity index is 401. The fraction of sp³-hybridized carbons (Fsp3) is 0.417. The molecule has 0 fully saturated rings. The minimum absolute atomic E-state index is 0.0665. The first kappa shape index (κ1) is 13.2. The lowest BCUT2D eigenvalue weighted by Crippen LogP contribution is -2.32. The summed E-state index contributed by atoms with van der Waals surface area (Å²) in [6, 6.07) is 2.89. The lowest BCUT2D eigenvalue weighted by Gasteiger charge is -2.12. The summed E-state index contributed by atoms with van der Waals surface area (Å²) in [5, 5.41) is 11.5. The van der Waals surface area contributed by atoms with Crippen molar-refractivity contribution in [1.29, 1.82) is 0 Å². The van der Waals surface area contributed by atoms with E-state index < -0.39 is 5.97 Å². The second kappa shape index (κ2) is 5.98. The summed E-state index contributed by atoms with van der Waals surface area (Å²) in [4.78, 5) is 26.0. The van der Waals surface area contributed by atoms with Crippen LogP contribution < -0.4 is 5.32 Å². The topological polar surface area (TPSA) is 79.3 Å². The van der Waals surface area contributed by atoms with Crippen molar-refractivity contribution >= 4 is 11.9 Å². The Kier molecular flexibility index (Phi) is 4.63. The number of carboxylic acid groups (broad SMARTS) is 1. The predicted octanol–water partition coefficient (Wildman–Crippen LogP) is 1.70. The molecular formula is C12H16N2O3. The normalized spacial score (nSPS) is 11.9. The first-order chi connectivity index (χ1) is 8.04. The molecule has 1 atom stereocenters. The number of aromatic carboxylic acids is 1. The molecule has 0 radical (unpaired) electrons. The maximum absolute atomic E-state index is 11.7. The highest BCUT2D eigenvalue weighted by Gasteiger charge is 2.11. The van der Waals surface area contributed by atoms with Gasteiger partial charge < -0.3 is 10.4 Å². The molecule has 17 heavy (non-hydrogen) atoms. The zero-order valence-electron chi connectivity index (χ0n) is 9.93. The number of aromatic nitrogens is 1. The average molecular weight is 236 g/mol. The molecular weight excluding hydrogens is 220 g/mol. The zero-order chi connectivity index (χ0) is 12.8. The second-order valence-electron chi connectivity index (χ2n) is 3.90. The molecule has 1 amide bonds. The summed E-state index contributed by atoms with van der Waals surface area (Å²) in [5.41, 5.74) is 0.307. The van der Waals surface area contributed by atoms with Crippen LogP contribution >= 0.6 is 0 Å². The molecule has 2 N–H and O–H groups in total. The number of nitrogens with zero attached hydrogens (tertiary/aromatic N) is 1. The third-order valence-corrected chi connectivity index (χ3v) is 2.34. The van der Waals surface area contributed by atoms with Crippen molar-refractivity contribution in [3.8, 4) is 0 Å². The Morgan fingerprint density at radius 3 is 2.65 bits per heavy atom. The lowest BCUT2D eigenvalue weighted by molar-refractivity contribution is 0.0689. The first-order valence-corrected chi connectivity index (χ1v) is 5.54. The molecule has 0 bridgehead atoms. The molecule has 0 aliphatic carbocycles. The van der Waals surface area contributed by atoms with Crippen LogP contribution in [0.3, 0.4) is 0 Å². The summed E-state index contributed by atoms with van der Waals surface area (Å²) in [6.45, 7) is 3.98. The summed E-state index contributed by atoms with van der Waals surface area (Å²) < 4.78 is 0. The third-order valence-electron chi connectivity index (χ3n) is 2.34. The van der Waals surface area contributed by atoms with E-state index in [1.165, 1.54) is 18.3 Å². The Labute approximate surface area is 99.9 Å². The number of hydrogen-bond acceptors (Lipinski definition) is 3. The third kappa shape index (κ3) is 3.86. The van der Waals surface area contributed by atoms with Gasteiger partial charge in [0.05, 0.1) is 5.56 Å². The van der Waals surface area contributed by atoms with Gasteiger partial charge in [-0.25, -0.2) is 9.78 Å². The monoisotopic (exact) mass is 236 g/mol. The molecule has 5 heteroatoms. The van der Waals surface area contributed by atoms with Crippen molar-refractivity contribution in [2.45, 2.75) is 32.7 Å². The van der Waals surface area contributed by atoms with Gasteiger partial charge in [0.15, 0.2) is 0 Å². The number of hydrogen-bond donors (Lipinski definition) is 2. The van der Waals surface area contributed by atoms with Gasteiger partial charge in [-0.15, -0.1) is 0 Å². The number of carbonyl (C=O) groups excluding carboxylic acids is 1. The highest BCUT2D eigenvalue weighted by Crippen LogP contribution is 2.02. The fourth-order valence-electron chi connectivity index (χ4n) is 1.47. The molecule has 0 aliphatic heterocycles. The van der Waals surface area contributed by atoms with E-state index in [1.807, 2.05) is 13.8 Å². The largest absolute Gasteiger partial charge is 0.477 e. The van der Waals surface area contributed by atoms with E-state index in [1.54, 1.807) is 0 Å². The number of carboxylic acids is 1. The minimum atomic E-state index is -1.10. The predicted molar refractivity (Wildman–Crippen MR) is 63.0 cm³/mol. The summed E-state index contributed by atoms with van der Waals surface area (Å²) >= 11 is 0. The maximum Gasteiger partial charge on any atom is 0.354 e. The quantitative estimate of drug-likeness (QED) is 0.815. The van der Waals surface area contributed by atoms with E-state index >= 15 is 0 Å². The van der Waals surface area contributed by atoms with Gasteiger partial charge in [-0.2, -0.15) is 0 Å². The van der Waals surface area contributed by atoms with Crippen LogP contribution in [-0.2, 0) is 0 Å². The van der Waals surface area contributed by atoms with E-state index in [9.17, 15) is 9.59 Å². The number of carbonyl (C=O) groups is 2. The summed E-state index contributed by atoms with van der Waals surface area (Å²) in [6.07, 6.45) is 3.18. The van der Waals surface area contributed by atoms with Gasteiger partial charge in [0.2, 0.25) is 0 Å². The lowest BCUT2D eigenvalue weighted by atomic mass is 10.1. The molecule has 5 nitrogen and oxygen atoms in total. The van der Waals surface area contributed by atoms with Crippen LogP contribution in [0.25, 0.3) is 0 Å². The molecule has 0 aliphatic rings. The molecule has 0 saturated carbocycles. The second-order valence-corrected chi connectivity index (χ2v) is 3.90. The van der Waals surface area contributed by atoms with Gasteiger partial charge in [0, 0.05) is 12.2 Å². The molecule has 1 aromatic rings. The number of rotatable bonds is 5.